The molecule has 2 nitrogen and oxygen atoms in total. The minimum atomic E-state index is 0.289. The van der Waals surface area contributed by atoms with E-state index in [0.29, 0.717) is 5.92 Å². The third-order valence-electron chi connectivity index (χ3n) is 9.56. The lowest BCUT2D eigenvalue weighted by Crippen LogP contribution is -2.32. The zero-order valence-electron chi connectivity index (χ0n) is 29.4. The van der Waals surface area contributed by atoms with Crippen molar-refractivity contribution in [3.63, 3.8) is 0 Å². The molecule has 0 aliphatic rings. The van der Waals surface area contributed by atoms with Gasteiger partial charge in [-0.15, -0.1) is 0 Å². The monoisotopic (exact) mass is 638 g/mol. The van der Waals surface area contributed by atoms with Crippen LogP contribution in [0.2, 0.25) is 0 Å². The van der Waals surface area contributed by atoms with Crippen molar-refractivity contribution in [2.24, 2.45) is 10.9 Å². The Bertz CT molecular complexity index is 2230. The molecule has 1 heterocycles. The molecule has 6 rings (SSSR count). The number of aromatic nitrogens is 1. The first kappa shape index (κ1) is 33.6. The van der Waals surface area contributed by atoms with Crippen molar-refractivity contribution in [2.45, 2.75) is 53.4 Å². The molecular formula is C47H46N2. The van der Waals surface area contributed by atoms with Crippen LogP contribution in [0.5, 0.6) is 0 Å². The molecule has 0 saturated heterocycles. The highest BCUT2D eigenvalue weighted by Crippen LogP contribution is 2.35. The minimum Gasteiger partial charge on any atom is -0.256 e. The third-order valence-corrected chi connectivity index (χ3v) is 9.56. The summed E-state index contributed by atoms with van der Waals surface area (Å²) in [6, 6.07) is 41.3. The molecule has 0 aliphatic carbocycles. The van der Waals surface area contributed by atoms with E-state index in [9.17, 15) is 0 Å². The van der Waals surface area contributed by atoms with Crippen LogP contribution in [0.15, 0.2) is 139 Å². The number of aliphatic imine (C=N–C) groups is 1. The maximum atomic E-state index is 5.49. The summed E-state index contributed by atoms with van der Waals surface area (Å²) >= 11 is 0. The first-order valence-electron chi connectivity index (χ1n) is 17.5. The van der Waals surface area contributed by atoms with Crippen molar-refractivity contribution in [3.8, 4) is 22.4 Å². The van der Waals surface area contributed by atoms with Crippen LogP contribution in [-0.2, 0) is 6.42 Å². The average molecular weight is 639 g/mol. The summed E-state index contributed by atoms with van der Waals surface area (Å²) in [5.41, 5.74) is 11.6. The molecule has 0 fully saturated rings. The Hall–Kier alpha value is -5.34. The van der Waals surface area contributed by atoms with Gasteiger partial charge in [-0.2, -0.15) is 0 Å². The Labute approximate surface area is 291 Å². The Morgan fingerprint density at radius 1 is 0.796 bits per heavy atom. The normalized spacial score (nSPS) is 13.3. The minimum absolute atomic E-state index is 0.289. The Kier molecular flexibility index (Phi) is 10.4. The number of allylic oxidation sites excluding steroid dienone is 1. The fourth-order valence-electron chi connectivity index (χ4n) is 7.12. The summed E-state index contributed by atoms with van der Waals surface area (Å²) < 4.78 is 0. The smallest absolute Gasteiger partial charge is 0.0714 e. The van der Waals surface area contributed by atoms with E-state index in [1.54, 1.807) is 0 Å². The first-order valence-corrected chi connectivity index (χ1v) is 17.5. The van der Waals surface area contributed by atoms with Gasteiger partial charge in [-0.3, -0.25) is 9.98 Å². The molecule has 0 unspecified atom stereocenters. The van der Waals surface area contributed by atoms with Gasteiger partial charge in [-0.1, -0.05) is 137 Å². The molecule has 0 amide bonds. The molecule has 0 bridgehead atoms. The van der Waals surface area contributed by atoms with Crippen molar-refractivity contribution in [3.05, 3.63) is 167 Å². The first-order chi connectivity index (χ1) is 23.9. The lowest BCUT2D eigenvalue weighted by Gasteiger charge is -2.20. The number of rotatable bonds is 10. The van der Waals surface area contributed by atoms with Crippen molar-refractivity contribution >= 4 is 34.3 Å². The topological polar surface area (TPSA) is 25.2 Å². The highest BCUT2D eigenvalue weighted by atomic mass is 14.8. The number of hydrogen-bond donors (Lipinski definition) is 0. The number of nitrogens with zero attached hydrogens (tertiary/aromatic N) is 2. The molecule has 0 saturated carbocycles. The largest absolute Gasteiger partial charge is 0.256 e. The predicted octanol–water partition coefficient (Wildman–Crippen LogP) is 11.2. The van der Waals surface area contributed by atoms with Gasteiger partial charge in [-0.25, -0.2) is 0 Å². The Balaban J connectivity index is 1.55. The van der Waals surface area contributed by atoms with Crippen LogP contribution in [0.1, 0.15) is 62.3 Å². The quantitative estimate of drug-likeness (QED) is 0.137. The van der Waals surface area contributed by atoms with Gasteiger partial charge in [0, 0.05) is 17.7 Å². The Morgan fingerprint density at radius 2 is 1.49 bits per heavy atom. The number of benzene rings is 5. The van der Waals surface area contributed by atoms with Gasteiger partial charge in [-0.05, 0) is 111 Å². The second-order valence-corrected chi connectivity index (χ2v) is 13.1. The van der Waals surface area contributed by atoms with Crippen molar-refractivity contribution in [1.82, 2.24) is 4.98 Å². The van der Waals surface area contributed by atoms with Gasteiger partial charge in [0.1, 0.15) is 0 Å². The van der Waals surface area contributed by atoms with Crippen molar-refractivity contribution in [1.29, 1.82) is 0 Å². The molecule has 5 aromatic carbocycles. The zero-order valence-corrected chi connectivity index (χ0v) is 29.4. The third kappa shape index (κ3) is 7.10. The molecular weight excluding hydrogens is 593 g/mol. The molecule has 49 heavy (non-hydrogen) atoms. The van der Waals surface area contributed by atoms with Crippen LogP contribution in [0.25, 0.3) is 45.3 Å². The van der Waals surface area contributed by atoms with Crippen molar-refractivity contribution < 1.29 is 0 Å². The van der Waals surface area contributed by atoms with E-state index in [2.05, 4.69) is 163 Å². The lowest BCUT2D eigenvalue weighted by atomic mass is 9.86. The fourth-order valence-corrected chi connectivity index (χ4v) is 7.12. The number of hydrogen-bond acceptors (Lipinski definition) is 2. The fraction of sp³-hybridized carbons (Fsp3) is 0.191. The van der Waals surface area contributed by atoms with E-state index >= 15 is 0 Å². The summed E-state index contributed by atoms with van der Waals surface area (Å²) in [5, 5.41) is 4.87. The summed E-state index contributed by atoms with van der Waals surface area (Å²) in [4.78, 5) is 10.3. The predicted molar refractivity (Wildman–Crippen MR) is 212 cm³/mol. The summed E-state index contributed by atoms with van der Waals surface area (Å²) in [6.07, 6.45) is 10.1. The second-order valence-electron chi connectivity index (χ2n) is 13.1. The maximum absolute atomic E-state index is 5.49. The average Bonchev–Trinajstić information content (AvgIpc) is 3.14. The standard InChI is InChI=1S/C47H46N2/c1-7-18-40-39(9-3)45(32(4)5)42-30-37(26-27-41(42)46(40)43-23-16-17-28-48-43)38-25-24-33(6)44(31-38)49-47(36-21-14-11-15-22-36)35(8-2)29-34-19-12-10-13-20-34/h7,9-28,30-32,35H,1,8,29H2,2-6H3/b39-9+,40-18+,49-47?/t35-/m0/s1. The van der Waals surface area contributed by atoms with Crippen molar-refractivity contribution in [2.75, 3.05) is 0 Å². The van der Waals surface area contributed by atoms with Gasteiger partial charge >= 0.3 is 0 Å². The Morgan fingerprint density at radius 3 is 2.14 bits per heavy atom. The van der Waals surface area contributed by atoms with Gasteiger partial charge in [0.2, 0.25) is 0 Å². The molecule has 244 valence electrons. The zero-order chi connectivity index (χ0) is 34.3. The van der Waals surface area contributed by atoms with E-state index in [-0.39, 0.29) is 5.92 Å². The number of fused-ring (bicyclic) bond motifs is 1. The summed E-state index contributed by atoms with van der Waals surface area (Å²) in [7, 11) is 0. The molecule has 1 aromatic heterocycles. The van der Waals surface area contributed by atoms with Crippen LogP contribution in [-0.4, -0.2) is 10.7 Å². The molecule has 2 heteroatoms. The number of pyridine rings is 1. The van der Waals surface area contributed by atoms with E-state index < -0.39 is 0 Å². The van der Waals surface area contributed by atoms with Gasteiger partial charge in [0.05, 0.1) is 17.1 Å². The van der Waals surface area contributed by atoms with Crippen LogP contribution in [0, 0.1) is 12.8 Å². The van der Waals surface area contributed by atoms with Gasteiger partial charge in [0.15, 0.2) is 0 Å². The van der Waals surface area contributed by atoms with E-state index in [4.69, 9.17) is 9.98 Å². The number of aryl methyl sites for hydroxylation is 1. The van der Waals surface area contributed by atoms with Crippen LogP contribution < -0.4 is 10.4 Å². The van der Waals surface area contributed by atoms with Gasteiger partial charge in [0.25, 0.3) is 0 Å². The maximum Gasteiger partial charge on any atom is 0.0714 e. The highest BCUT2D eigenvalue weighted by molar-refractivity contribution is 6.04. The van der Waals surface area contributed by atoms with E-state index in [1.807, 2.05) is 18.3 Å². The molecule has 0 N–H and O–H groups in total. The molecule has 1 atom stereocenters. The van der Waals surface area contributed by atoms with Gasteiger partial charge < -0.3 is 0 Å². The summed E-state index contributed by atoms with van der Waals surface area (Å²) in [5.74, 6) is 0.610. The molecule has 6 aromatic rings. The molecule has 0 aliphatic heterocycles. The molecule has 0 radical (unpaired) electrons. The summed E-state index contributed by atoms with van der Waals surface area (Å²) in [6.45, 7) is 15.2. The molecule has 0 spiro atoms. The van der Waals surface area contributed by atoms with Crippen LogP contribution in [0.4, 0.5) is 5.69 Å². The SMILES string of the molecule is C=C/C=c1/c(-c2ccccn2)c2ccc(-c3ccc(C)c(N=C(c4ccccc4)[C@@H](CC)Cc4ccccc4)c3)cc2c(C(C)C)/c1=C/C. The van der Waals surface area contributed by atoms with Crippen LogP contribution in [0.3, 0.4) is 0 Å². The lowest BCUT2D eigenvalue weighted by molar-refractivity contribution is 0.663. The van der Waals surface area contributed by atoms with E-state index in [1.165, 1.54) is 49.0 Å². The highest BCUT2D eigenvalue weighted by Gasteiger charge is 2.19. The van der Waals surface area contributed by atoms with E-state index in [0.717, 1.165) is 41.1 Å². The van der Waals surface area contributed by atoms with Crippen LogP contribution >= 0.6 is 0 Å². The second kappa shape index (κ2) is 15.3.